The van der Waals surface area contributed by atoms with Gasteiger partial charge in [0, 0.05) is 6.08 Å². The molecule has 0 spiro atoms. The predicted molar refractivity (Wildman–Crippen MR) is 70.0 cm³/mol. The molecule has 3 N–H and O–H groups in total. The highest BCUT2D eigenvalue weighted by Crippen LogP contribution is 2.26. The standard InChI is InChI=1S/C9H9O4P.C3H4O2/c10-6-8(9(11)12)14(13)7-4-2-1-3-5-7;1-2-3(4)5/h1-5,8,10H,6H2;2H,1H2,(H,4,5)/p+1. The average molecular weight is 285 g/mol. The summed E-state index contributed by atoms with van der Waals surface area (Å²) in [5, 5.41) is 25.5. The minimum atomic E-state index is -2.08. The first-order valence-corrected chi connectivity index (χ1v) is 6.47. The van der Waals surface area contributed by atoms with E-state index >= 15 is 0 Å². The molecule has 6 nitrogen and oxygen atoms in total. The van der Waals surface area contributed by atoms with Crippen LogP contribution in [0.15, 0.2) is 43.0 Å². The van der Waals surface area contributed by atoms with E-state index in [1.807, 2.05) is 0 Å². The molecule has 0 heterocycles. The van der Waals surface area contributed by atoms with E-state index in [1.54, 1.807) is 30.3 Å². The van der Waals surface area contributed by atoms with Gasteiger partial charge in [-0.05, 0) is 12.1 Å². The molecule has 0 saturated carbocycles. The molecule has 7 heteroatoms. The van der Waals surface area contributed by atoms with Gasteiger partial charge in [0.15, 0.2) is 5.30 Å². The smallest absolute Gasteiger partial charge is 0.394 e. The van der Waals surface area contributed by atoms with E-state index in [0.717, 1.165) is 6.08 Å². The lowest BCUT2D eigenvalue weighted by Gasteiger charge is -1.96. The van der Waals surface area contributed by atoms with E-state index in [1.165, 1.54) is 0 Å². The molecule has 0 aromatic heterocycles. The maximum absolute atomic E-state index is 11.6. The molecule has 2 unspecified atom stereocenters. The van der Waals surface area contributed by atoms with Crippen LogP contribution in [0.1, 0.15) is 0 Å². The number of carboxylic acid groups (broad SMARTS) is 2. The number of hydrogen-bond acceptors (Lipinski definition) is 4. The number of aliphatic hydroxyl groups is 1. The van der Waals surface area contributed by atoms with Gasteiger partial charge in [0.2, 0.25) is 0 Å². The van der Waals surface area contributed by atoms with Crippen molar-refractivity contribution in [2.45, 2.75) is 5.66 Å². The van der Waals surface area contributed by atoms with Gasteiger partial charge in [-0.2, -0.15) is 0 Å². The molecule has 102 valence electrons. The molecular weight excluding hydrogens is 271 g/mol. The molecule has 0 saturated heterocycles. The van der Waals surface area contributed by atoms with Gasteiger partial charge in [-0.15, -0.1) is 0 Å². The lowest BCUT2D eigenvalue weighted by molar-refractivity contribution is -0.137. The molecule has 19 heavy (non-hydrogen) atoms. The van der Waals surface area contributed by atoms with Crippen molar-refractivity contribution in [3.8, 4) is 0 Å². The maximum atomic E-state index is 11.6. The molecule has 2 atom stereocenters. The van der Waals surface area contributed by atoms with Crippen molar-refractivity contribution in [3.05, 3.63) is 43.0 Å². The number of benzene rings is 1. The molecule has 0 aliphatic rings. The molecule has 0 aliphatic heterocycles. The molecule has 0 radical (unpaired) electrons. The SMILES string of the molecule is C=CC(=O)O.O=C(O)C(CO)[P+](=O)c1ccccc1. The number of carboxylic acids is 2. The Morgan fingerprint density at radius 3 is 2.05 bits per heavy atom. The Balaban J connectivity index is 0.000000555. The summed E-state index contributed by atoms with van der Waals surface area (Å²) in [7, 11) is -2.08. The highest BCUT2D eigenvalue weighted by molar-refractivity contribution is 7.55. The monoisotopic (exact) mass is 285 g/mol. The van der Waals surface area contributed by atoms with Crippen molar-refractivity contribution in [1.29, 1.82) is 0 Å². The third kappa shape index (κ3) is 6.45. The van der Waals surface area contributed by atoms with Gasteiger partial charge in [-0.25, -0.2) is 9.59 Å². The Bertz CT molecular complexity index is 457. The lowest BCUT2D eigenvalue weighted by Crippen LogP contribution is -2.23. The molecular formula is C12H14O6P+. The van der Waals surface area contributed by atoms with Gasteiger partial charge in [0.25, 0.3) is 5.66 Å². The van der Waals surface area contributed by atoms with Crippen molar-refractivity contribution in [2.24, 2.45) is 0 Å². The Hall–Kier alpha value is -2.04. The van der Waals surface area contributed by atoms with Crippen molar-refractivity contribution in [3.63, 3.8) is 0 Å². The summed E-state index contributed by atoms with van der Waals surface area (Å²) in [6, 6.07) is 8.29. The Morgan fingerprint density at radius 1 is 1.26 bits per heavy atom. The third-order valence-electron chi connectivity index (χ3n) is 1.93. The molecule has 1 aromatic carbocycles. The lowest BCUT2D eigenvalue weighted by atomic mass is 10.4. The van der Waals surface area contributed by atoms with Gasteiger partial charge in [-0.3, -0.25) is 0 Å². The third-order valence-corrected chi connectivity index (χ3v) is 3.68. The van der Waals surface area contributed by atoms with E-state index < -0.39 is 32.0 Å². The van der Waals surface area contributed by atoms with Crippen LogP contribution in [-0.2, 0) is 14.2 Å². The second-order valence-electron chi connectivity index (χ2n) is 3.24. The van der Waals surface area contributed by atoms with Crippen LogP contribution in [0, 0.1) is 0 Å². The number of aliphatic carboxylic acids is 2. The molecule has 0 bridgehead atoms. The van der Waals surface area contributed by atoms with E-state index in [4.69, 9.17) is 15.3 Å². The van der Waals surface area contributed by atoms with E-state index in [-0.39, 0.29) is 0 Å². The predicted octanol–water partition coefficient (Wildman–Crippen LogP) is 0.842. The van der Waals surface area contributed by atoms with Crippen molar-refractivity contribution < 1.29 is 29.5 Å². The number of rotatable bonds is 5. The van der Waals surface area contributed by atoms with Crippen LogP contribution in [0.25, 0.3) is 0 Å². The van der Waals surface area contributed by atoms with Crippen LogP contribution in [0.5, 0.6) is 0 Å². The molecule has 1 aromatic rings. The average Bonchev–Trinajstić information content (AvgIpc) is 2.40. The quantitative estimate of drug-likeness (QED) is 0.546. The molecule has 0 amide bonds. The van der Waals surface area contributed by atoms with Gasteiger partial charge < -0.3 is 15.3 Å². The van der Waals surface area contributed by atoms with Gasteiger partial charge in [0.1, 0.15) is 6.61 Å². The summed E-state index contributed by atoms with van der Waals surface area (Å²) in [5.41, 5.74) is -1.22. The molecule has 0 aliphatic carbocycles. The van der Waals surface area contributed by atoms with Crippen LogP contribution < -0.4 is 5.30 Å². The van der Waals surface area contributed by atoms with Crippen LogP contribution in [0.4, 0.5) is 0 Å². The molecule has 1 rings (SSSR count). The summed E-state index contributed by atoms with van der Waals surface area (Å²) in [4.78, 5) is 19.9. The van der Waals surface area contributed by atoms with E-state index in [9.17, 15) is 14.2 Å². The first-order chi connectivity index (χ1) is 8.93. The first-order valence-electron chi connectivity index (χ1n) is 5.14. The van der Waals surface area contributed by atoms with Crippen LogP contribution in [0.3, 0.4) is 0 Å². The number of aliphatic hydroxyl groups excluding tert-OH is 1. The fourth-order valence-corrected chi connectivity index (χ4v) is 2.18. The summed E-state index contributed by atoms with van der Waals surface area (Å²) < 4.78 is 11.6. The first kappa shape index (κ1) is 17.0. The van der Waals surface area contributed by atoms with Crippen LogP contribution in [0.2, 0.25) is 0 Å². The fraction of sp³-hybridized carbons (Fsp3) is 0.167. The second kappa shape index (κ2) is 8.97. The fourth-order valence-electron chi connectivity index (χ4n) is 1.01. The van der Waals surface area contributed by atoms with E-state index in [2.05, 4.69) is 6.58 Å². The summed E-state index contributed by atoms with van der Waals surface area (Å²) >= 11 is 0. The van der Waals surface area contributed by atoms with E-state index in [0.29, 0.717) is 5.30 Å². The zero-order valence-electron chi connectivity index (χ0n) is 9.97. The molecule has 0 fully saturated rings. The summed E-state index contributed by atoms with van der Waals surface area (Å²) in [6.07, 6.45) is 0.833. The van der Waals surface area contributed by atoms with Crippen LogP contribution in [-0.4, -0.2) is 39.5 Å². The van der Waals surface area contributed by atoms with Gasteiger partial charge in [0.05, 0.1) is 0 Å². The minimum absolute atomic E-state index is 0.448. The summed E-state index contributed by atoms with van der Waals surface area (Å²) in [6.45, 7) is 2.35. The Kier molecular flexibility index (Phi) is 8.00. The minimum Gasteiger partial charge on any atom is -0.478 e. The number of hydrogen-bond donors (Lipinski definition) is 3. The highest BCUT2D eigenvalue weighted by Gasteiger charge is 2.38. The van der Waals surface area contributed by atoms with Crippen molar-refractivity contribution in [1.82, 2.24) is 0 Å². The highest BCUT2D eigenvalue weighted by atomic mass is 31.1. The Morgan fingerprint density at radius 2 is 1.74 bits per heavy atom. The van der Waals surface area contributed by atoms with Gasteiger partial charge in [-0.1, -0.05) is 29.3 Å². The summed E-state index contributed by atoms with van der Waals surface area (Å²) in [5.74, 6) is -2.22. The second-order valence-corrected chi connectivity index (χ2v) is 5.03. The zero-order chi connectivity index (χ0) is 14.8. The largest absolute Gasteiger partial charge is 0.478 e. The number of carbonyl (C=O) groups is 2. The maximum Gasteiger partial charge on any atom is 0.394 e. The Labute approximate surface area is 110 Å². The van der Waals surface area contributed by atoms with Crippen molar-refractivity contribution >= 4 is 25.0 Å². The normalized spacial score (nSPS) is 11.5. The van der Waals surface area contributed by atoms with Gasteiger partial charge >= 0.3 is 19.7 Å². The zero-order valence-corrected chi connectivity index (χ0v) is 10.9. The van der Waals surface area contributed by atoms with Crippen LogP contribution >= 0.6 is 7.80 Å². The topological polar surface area (TPSA) is 112 Å². The van der Waals surface area contributed by atoms with Crippen molar-refractivity contribution in [2.75, 3.05) is 6.61 Å².